The van der Waals surface area contributed by atoms with Gasteiger partial charge in [-0.15, -0.1) is 0 Å². The van der Waals surface area contributed by atoms with Crippen molar-refractivity contribution in [2.75, 3.05) is 32.8 Å². The molecule has 0 spiro atoms. The van der Waals surface area contributed by atoms with E-state index in [2.05, 4.69) is 18.7 Å². The second-order valence-electron chi connectivity index (χ2n) is 7.95. The van der Waals surface area contributed by atoms with Gasteiger partial charge >= 0.3 is 0 Å². The van der Waals surface area contributed by atoms with Crippen molar-refractivity contribution in [1.82, 2.24) is 9.80 Å². The lowest BCUT2D eigenvalue weighted by molar-refractivity contribution is -0.140. The topological polar surface area (TPSA) is 70.1 Å². The molecule has 1 atom stereocenters. The fourth-order valence-corrected chi connectivity index (χ4v) is 4.23. The summed E-state index contributed by atoms with van der Waals surface area (Å²) in [5.74, 6) is -0.939. The molecule has 1 unspecified atom stereocenters. The maximum atomic E-state index is 13.2. The van der Waals surface area contributed by atoms with Crippen LogP contribution in [0, 0.1) is 0 Å². The molecule has 3 rings (SSSR count). The molecule has 6 nitrogen and oxygen atoms in total. The molecule has 176 valence electrons. The van der Waals surface area contributed by atoms with E-state index in [0.717, 1.165) is 19.5 Å². The van der Waals surface area contributed by atoms with E-state index in [4.69, 9.17) is 16.3 Å². The molecular formula is C26H31ClN2O4. The Balaban J connectivity index is 2.07. The summed E-state index contributed by atoms with van der Waals surface area (Å²) in [5.41, 5.74) is 1.17. The number of rotatable bonds is 10. The maximum absolute atomic E-state index is 13.2. The van der Waals surface area contributed by atoms with Gasteiger partial charge in [0.25, 0.3) is 11.7 Å². The van der Waals surface area contributed by atoms with Crippen molar-refractivity contribution < 1.29 is 19.4 Å². The summed E-state index contributed by atoms with van der Waals surface area (Å²) in [4.78, 5) is 29.9. The van der Waals surface area contributed by atoms with Crippen molar-refractivity contribution in [2.45, 2.75) is 33.2 Å². The van der Waals surface area contributed by atoms with Crippen molar-refractivity contribution in [3.05, 3.63) is 70.3 Å². The highest BCUT2D eigenvalue weighted by Gasteiger charge is 2.46. The first-order chi connectivity index (χ1) is 15.9. The van der Waals surface area contributed by atoms with Gasteiger partial charge in [0, 0.05) is 23.7 Å². The fourth-order valence-electron chi connectivity index (χ4n) is 4.03. The Labute approximate surface area is 200 Å². The zero-order chi connectivity index (χ0) is 24.0. The van der Waals surface area contributed by atoms with Gasteiger partial charge in [0.15, 0.2) is 0 Å². The van der Waals surface area contributed by atoms with E-state index in [9.17, 15) is 14.7 Å². The molecular weight excluding hydrogens is 440 g/mol. The van der Waals surface area contributed by atoms with Crippen molar-refractivity contribution >= 4 is 29.1 Å². The molecule has 2 aromatic rings. The van der Waals surface area contributed by atoms with Crippen LogP contribution in [0.1, 0.15) is 44.4 Å². The largest absolute Gasteiger partial charge is 0.507 e. The van der Waals surface area contributed by atoms with Crippen LogP contribution in [0.3, 0.4) is 0 Å². The van der Waals surface area contributed by atoms with E-state index in [1.807, 2.05) is 13.0 Å². The molecule has 0 aromatic heterocycles. The number of hydrogen-bond acceptors (Lipinski definition) is 5. The van der Waals surface area contributed by atoms with Gasteiger partial charge in [-0.05, 0) is 49.3 Å². The third-order valence-corrected chi connectivity index (χ3v) is 6.07. The highest BCUT2D eigenvalue weighted by atomic mass is 35.5. The predicted octanol–water partition coefficient (Wildman–Crippen LogP) is 4.89. The van der Waals surface area contributed by atoms with E-state index < -0.39 is 17.7 Å². The Morgan fingerprint density at radius 1 is 1.09 bits per heavy atom. The molecule has 1 saturated heterocycles. The molecule has 0 aliphatic carbocycles. The van der Waals surface area contributed by atoms with Crippen molar-refractivity contribution in [3.8, 4) is 5.75 Å². The normalized spacial score (nSPS) is 17.7. The average Bonchev–Trinajstić information content (AvgIpc) is 3.08. The van der Waals surface area contributed by atoms with E-state index in [-0.39, 0.29) is 11.3 Å². The maximum Gasteiger partial charge on any atom is 0.295 e. The second-order valence-corrected chi connectivity index (χ2v) is 8.39. The van der Waals surface area contributed by atoms with Crippen molar-refractivity contribution in [2.24, 2.45) is 0 Å². The number of ether oxygens (including phenoxy) is 1. The number of amides is 1. The fraction of sp³-hybridized carbons (Fsp3) is 0.385. The average molecular weight is 471 g/mol. The second kappa shape index (κ2) is 11.3. The van der Waals surface area contributed by atoms with E-state index in [0.29, 0.717) is 41.6 Å². The van der Waals surface area contributed by atoms with Crippen LogP contribution < -0.4 is 4.74 Å². The van der Waals surface area contributed by atoms with Gasteiger partial charge in [-0.3, -0.25) is 9.59 Å². The number of benzene rings is 2. The molecule has 0 radical (unpaired) electrons. The van der Waals surface area contributed by atoms with Gasteiger partial charge in [0.1, 0.15) is 11.5 Å². The van der Waals surface area contributed by atoms with Crippen LogP contribution in [-0.4, -0.2) is 59.4 Å². The number of Topliss-reactive ketones (excluding diaryl/α,β-unsaturated/α-hetero) is 1. The lowest BCUT2D eigenvalue weighted by atomic mass is 9.95. The number of halogens is 1. The van der Waals surface area contributed by atoms with E-state index in [1.165, 1.54) is 4.90 Å². The highest BCUT2D eigenvalue weighted by molar-refractivity contribution is 6.46. The van der Waals surface area contributed by atoms with E-state index >= 15 is 0 Å². The molecule has 7 heteroatoms. The Kier molecular flexibility index (Phi) is 8.53. The quantitative estimate of drug-likeness (QED) is 0.304. The van der Waals surface area contributed by atoms with Gasteiger partial charge in [-0.1, -0.05) is 56.6 Å². The molecule has 1 N–H and O–H groups in total. The highest BCUT2D eigenvalue weighted by Crippen LogP contribution is 2.40. The van der Waals surface area contributed by atoms with Gasteiger partial charge < -0.3 is 19.6 Å². The lowest BCUT2D eigenvalue weighted by Crippen LogP contribution is -2.38. The standard InChI is InChI=1S/C26H31ClN2O4/c1-4-15-33-21-12-8-10-19(17-21)24(30)22-23(18-9-7-11-20(27)16-18)29(26(32)25(22)31)14-13-28(5-2)6-3/h7-12,16-17,23,30H,4-6,13-15H2,1-3H3. The molecule has 0 saturated carbocycles. The Hall–Kier alpha value is -2.83. The van der Waals surface area contributed by atoms with Crippen LogP contribution in [0.2, 0.25) is 5.02 Å². The number of carbonyl (C=O) groups excluding carboxylic acids is 2. The van der Waals surface area contributed by atoms with Crippen LogP contribution in [0.4, 0.5) is 0 Å². The van der Waals surface area contributed by atoms with Crippen LogP contribution in [0.15, 0.2) is 54.1 Å². The molecule has 1 amide bonds. The molecule has 33 heavy (non-hydrogen) atoms. The van der Waals surface area contributed by atoms with Crippen molar-refractivity contribution in [1.29, 1.82) is 0 Å². The van der Waals surface area contributed by atoms with Gasteiger partial charge in [-0.2, -0.15) is 0 Å². The number of likely N-dealkylation sites (N-methyl/N-ethyl adjacent to an activating group) is 1. The third-order valence-electron chi connectivity index (χ3n) is 5.84. The van der Waals surface area contributed by atoms with Crippen LogP contribution in [0.5, 0.6) is 5.75 Å². The molecule has 0 bridgehead atoms. The SMILES string of the molecule is CCCOc1cccc(C(O)=C2C(=O)C(=O)N(CCN(CC)CC)C2c2cccc(Cl)c2)c1. The monoisotopic (exact) mass is 470 g/mol. The number of carbonyl (C=O) groups is 2. The number of aliphatic hydroxyl groups excluding tert-OH is 1. The summed E-state index contributed by atoms with van der Waals surface area (Å²) >= 11 is 6.24. The predicted molar refractivity (Wildman–Crippen MR) is 130 cm³/mol. The molecule has 1 aliphatic rings. The molecule has 1 heterocycles. The summed E-state index contributed by atoms with van der Waals surface area (Å²) in [6.07, 6.45) is 0.850. The smallest absolute Gasteiger partial charge is 0.295 e. The summed E-state index contributed by atoms with van der Waals surface area (Å²) in [7, 11) is 0. The zero-order valence-corrected chi connectivity index (χ0v) is 20.1. The Morgan fingerprint density at radius 2 is 1.82 bits per heavy atom. The first-order valence-corrected chi connectivity index (χ1v) is 11.8. The summed E-state index contributed by atoms with van der Waals surface area (Å²) in [6.45, 7) is 9.33. The van der Waals surface area contributed by atoms with Crippen LogP contribution in [-0.2, 0) is 9.59 Å². The number of hydrogen-bond donors (Lipinski definition) is 1. The van der Waals surface area contributed by atoms with Crippen LogP contribution >= 0.6 is 11.6 Å². The van der Waals surface area contributed by atoms with Crippen LogP contribution in [0.25, 0.3) is 5.76 Å². The summed E-state index contributed by atoms with van der Waals surface area (Å²) in [6, 6.07) is 13.3. The number of nitrogens with zero attached hydrogens (tertiary/aromatic N) is 2. The molecule has 1 aliphatic heterocycles. The number of likely N-dealkylation sites (tertiary alicyclic amines) is 1. The Morgan fingerprint density at radius 3 is 2.48 bits per heavy atom. The first kappa shape index (κ1) is 24.8. The third kappa shape index (κ3) is 5.57. The van der Waals surface area contributed by atoms with E-state index in [1.54, 1.807) is 42.5 Å². The van der Waals surface area contributed by atoms with Gasteiger partial charge in [-0.25, -0.2) is 0 Å². The molecule has 2 aromatic carbocycles. The Bertz CT molecular complexity index is 1030. The minimum absolute atomic E-state index is 0.0643. The number of aliphatic hydroxyl groups is 1. The molecule has 1 fully saturated rings. The van der Waals surface area contributed by atoms with Gasteiger partial charge in [0.2, 0.25) is 0 Å². The summed E-state index contributed by atoms with van der Waals surface area (Å²) in [5, 5.41) is 11.7. The van der Waals surface area contributed by atoms with Crippen molar-refractivity contribution in [3.63, 3.8) is 0 Å². The minimum Gasteiger partial charge on any atom is -0.507 e. The lowest BCUT2D eigenvalue weighted by Gasteiger charge is -2.28. The summed E-state index contributed by atoms with van der Waals surface area (Å²) < 4.78 is 5.68. The van der Waals surface area contributed by atoms with Gasteiger partial charge in [0.05, 0.1) is 18.2 Å². The number of ketones is 1. The zero-order valence-electron chi connectivity index (χ0n) is 19.4. The first-order valence-electron chi connectivity index (χ1n) is 11.4. The minimum atomic E-state index is -0.723.